The lowest BCUT2D eigenvalue weighted by atomic mass is 10.1. The molecule has 1 aliphatic heterocycles. The Hall–Kier alpha value is -3.85. The van der Waals surface area contributed by atoms with Gasteiger partial charge in [-0.25, -0.2) is 4.39 Å². The third-order valence-electron chi connectivity index (χ3n) is 5.85. The van der Waals surface area contributed by atoms with Gasteiger partial charge in [-0.15, -0.1) is 0 Å². The van der Waals surface area contributed by atoms with Crippen molar-refractivity contribution in [3.05, 3.63) is 90.3 Å². The fourth-order valence-corrected chi connectivity index (χ4v) is 4.01. The molecule has 2 amide bonds. The van der Waals surface area contributed by atoms with E-state index in [0.717, 1.165) is 43.0 Å². The third-order valence-corrected chi connectivity index (χ3v) is 5.85. The van der Waals surface area contributed by atoms with Gasteiger partial charge in [-0.05, 0) is 47.5 Å². The molecule has 8 nitrogen and oxygen atoms in total. The van der Waals surface area contributed by atoms with Gasteiger partial charge >= 0.3 is 11.8 Å². The van der Waals surface area contributed by atoms with Gasteiger partial charge in [0.15, 0.2) is 0 Å². The first-order chi connectivity index (χ1) is 16.6. The van der Waals surface area contributed by atoms with Crippen LogP contribution in [0.1, 0.15) is 17.2 Å². The van der Waals surface area contributed by atoms with Crippen LogP contribution in [-0.2, 0) is 16.1 Å². The second kappa shape index (κ2) is 11.3. The van der Waals surface area contributed by atoms with Crippen molar-refractivity contribution < 1.29 is 14.0 Å². The maximum Gasteiger partial charge on any atom is 0.309 e. The molecule has 0 spiro atoms. The number of benzene rings is 1. The Morgan fingerprint density at radius 1 is 0.882 bits per heavy atom. The number of hydrogen-bond acceptors (Lipinski definition) is 6. The van der Waals surface area contributed by atoms with Gasteiger partial charge < -0.3 is 15.5 Å². The number of piperazine rings is 1. The summed E-state index contributed by atoms with van der Waals surface area (Å²) in [5.74, 6) is -1.61. The zero-order chi connectivity index (χ0) is 23.8. The molecule has 0 aliphatic carbocycles. The summed E-state index contributed by atoms with van der Waals surface area (Å²) >= 11 is 0. The minimum absolute atomic E-state index is 0.126. The van der Waals surface area contributed by atoms with Crippen molar-refractivity contribution in [1.82, 2.24) is 25.5 Å². The third kappa shape index (κ3) is 6.14. The second-order valence-corrected chi connectivity index (χ2v) is 8.06. The largest absolute Gasteiger partial charge is 0.369 e. The number of nitrogens with zero attached hydrogens (tertiary/aromatic N) is 4. The molecule has 0 bridgehead atoms. The molecule has 0 radical (unpaired) electrons. The van der Waals surface area contributed by atoms with Gasteiger partial charge in [0.25, 0.3) is 0 Å². The maximum atomic E-state index is 13.3. The lowest BCUT2D eigenvalue weighted by Gasteiger charge is -2.40. The Morgan fingerprint density at radius 2 is 1.56 bits per heavy atom. The van der Waals surface area contributed by atoms with E-state index in [4.69, 9.17) is 0 Å². The minimum atomic E-state index is -0.685. The first-order valence-corrected chi connectivity index (χ1v) is 11.2. The molecule has 1 aromatic carbocycles. The van der Waals surface area contributed by atoms with E-state index in [2.05, 4.69) is 30.4 Å². The standard InChI is InChI=1S/C25H27FN6O2/c26-21-5-7-22(8-6-21)31-11-13-32(14-12-31)23(20-4-2-10-28-17-20)18-30-25(34)24(33)29-16-19-3-1-9-27-15-19/h1-10,15,17,23H,11-14,16,18H2,(H,29,33)(H,30,34)/t23-/m1/s1. The van der Waals surface area contributed by atoms with Gasteiger partial charge in [-0.2, -0.15) is 0 Å². The van der Waals surface area contributed by atoms with Crippen LogP contribution in [0.4, 0.5) is 10.1 Å². The summed E-state index contributed by atoms with van der Waals surface area (Å²) in [6.07, 6.45) is 6.78. The summed E-state index contributed by atoms with van der Waals surface area (Å²) in [6, 6.07) is 13.8. The van der Waals surface area contributed by atoms with Gasteiger partial charge in [-0.1, -0.05) is 12.1 Å². The van der Waals surface area contributed by atoms with Crippen molar-refractivity contribution >= 4 is 17.5 Å². The molecule has 1 fully saturated rings. The lowest BCUT2D eigenvalue weighted by molar-refractivity contribution is -0.139. The SMILES string of the molecule is O=C(NCc1cccnc1)C(=O)NC[C@H](c1cccnc1)N1CCN(c2ccc(F)cc2)CC1. The molecule has 3 aromatic rings. The van der Waals surface area contributed by atoms with Gasteiger partial charge in [0.1, 0.15) is 5.82 Å². The number of carbonyl (C=O) groups is 2. The molecular weight excluding hydrogens is 435 g/mol. The van der Waals surface area contributed by atoms with E-state index < -0.39 is 11.8 Å². The summed E-state index contributed by atoms with van der Waals surface area (Å²) in [4.78, 5) is 37.4. The highest BCUT2D eigenvalue weighted by molar-refractivity contribution is 6.35. The summed E-state index contributed by atoms with van der Waals surface area (Å²) in [5, 5.41) is 5.39. The predicted molar refractivity (Wildman–Crippen MR) is 126 cm³/mol. The number of halogens is 1. The minimum Gasteiger partial charge on any atom is -0.369 e. The maximum absolute atomic E-state index is 13.3. The summed E-state index contributed by atoms with van der Waals surface area (Å²) < 4.78 is 13.3. The van der Waals surface area contributed by atoms with Crippen LogP contribution in [0.5, 0.6) is 0 Å². The van der Waals surface area contributed by atoms with Crippen LogP contribution in [0.3, 0.4) is 0 Å². The number of hydrogen-bond donors (Lipinski definition) is 2. The Morgan fingerprint density at radius 3 is 2.21 bits per heavy atom. The molecule has 9 heteroatoms. The van der Waals surface area contributed by atoms with Gasteiger partial charge in [0.05, 0.1) is 6.04 Å². The Bertz CT molecular complexity index is 1070. The number of amides is 2. The summed E-state index contributed by atoms with van der Waals surface area (Å²) in [6.45, 7) is 3.54. The van der Waals surface area contributed by atoms with Gasteiger partial charge in [0.2, 0.25) is 0 Å². The monoisotopic (exact) mass is 462 g/mol. The summed E-state index contributed by atoms with van der Waals surface area (Å²) in [5.41, 5.74) is 2.77. The van der Waals surface area contributed by atoms with Crippen LogP contribution >= 0.6 is 0 Å². The van der Waals surface area contributed by atoms with Gasteiger partial charge in [-0.3, -0.25) is 24.5 Å². The molecule has 34 heavy (non-hydrogen) atoms. The Labute approximate surface area is 197 Å². The van der Waals surface area contributed by atoms with E-state index in [1.54, 1.807) is 43.0 Å². The van der Waals surface area contributed by atoms with Crippen LogP contribution in [0.15, 0.2) is 73.3 Å². The number of nitrogens with one attached hydrogen (secondary N) is 2. The van der Waals surface area contributed by atoms with Crippen molar-refractivity contribution in [1.29, 1.82) is 0 Å². The van der Waals surface area contributed by atoms with Crippen molar-refractivity contribution in [2.75, 3.05) is 37.6 Å². The zero-order valence-corrected chi connectivity index (χ0v) is 18.7. The second-order valence-electron chi connectivity index (χ2n) is 8.06. The number of anilines is 1. The van der Waals surface area contributed by atoms with Crippen LogP contribution in [0.25, 0.3) is 0 Å². The van der Waals surface area contributed by atoms with E-state index in [9.17, 15) is 14.0 Å². The molecule has 1 saturated heterocycles. The molecular formula is C25H27FN6O2. The molecule has 3 heterocycles. The smallest absolute Gasteiger partial charge is 0.309 e. The highest BCUT2D eigenvalue weighted by Crippen LogP contribution is 2.23. The fraction of sp³-hybridized carbons (Fsp3) is 0.280. The normalized spacial score (nSPS) is 14.9. The van der Waals surface area contributed by atoms with Gasteiger partial charge in [0, 0.05) is 69.7 Å². The van der Waals surface area contributed by atoms with Crippen molar-refractivity contribution in [2.45, 2.75) is 12.6 Å². The quantitative estimate of drug-likeness (QED) is 0.522. The van der Waals surface area contributed by atoms with Crippen LogP contribution in [-0.4, -0.2) is 59.4 Å². The Kier molecular flexibility index (Phi) is 7.77. The predicted octanol–water partition coefficient (Wildman–Crippen LogP) is 1.91. The van der Waals surface area contributed by atoms with E-state index in [1.807, 2.05) is 18.2 Å². The topological polar surface area (TPSA) is 90.5 Å². The molecule has 0 saturated carbocycles. The number of carbonyl (C=O) groups excluding carboxylic acids is 2. The first-order valence-electron chi connectivity index (χ1n) is 11.2. The average Bonchev–Trinajstić information content (AvgIpc) is 2.89. The number of aromatic nitrogens is 2. The molecule has 1 atom stereocenters. The van der Waals surface area contributed by atoms with E-state index >= 15 is 0 Å². The number of rotatable bonds is 7. The van der Waals surface area contributed by atoms with Crippen molar-refractivity contribution in [3.8, 4) is 0 Å². The zero-order valence-electron chi connectivity index (χ0n) is 18.7. The average molecular weight is 463 g/mol. The fourth-order valence-electron chi connectivity index (χ4n) is 4.01. The lowest BCUT2D eigenvalue weighted by Crippen LogP contribution is -2.50. The molecule has 4 rings (SSSR count). The van der Waals surface area contributed by atoms with Crippen LogP contribution in [0, 0.1) is 5.82 Å². The highest BCUT2D eigenvalue weighted by Gasteiger charge is 2.26. The van der Waals surface area contributed by atoms with Crippen LogP contribution < -0.4 is 15.5 Å². The van der Waals surface area contributed by atoms with E-state index in [0.29, 0.717) is 0 Å². The van der Waals surface area contributed by atoms with E-state index in [1.165, 1.54) is 12.1 Å². The first kappa shape index (κ1) is 23.3. The molecule has 2 aromatic heterocycles. The summed E-state index contributed by atoms with van der Waals surface area (Å²) in [7, 11) is 0. The highest BCUT2D eigenvalue weighted by atomic mass is 19.1. The molecule has 176 valence electrons. The molecule has 0 unspecified atom stereocenters. The van der Waals surface area contributed by atoms with Crippen LogP contribution in [0.2, 0.25) is 0 Å². The van der Waals surface area contributed by atoms with E-state index in [-0.39, 0.29) is 24.9 Å². The molecule has 1 aliphatic rings. The Balaban J connectivity index is 1.35. The number of pyridine rings is 2. The van der Waals surface area contributed by atoms with Crippen molar-refractivity contribution in [2.24, 2.45) is 0 Å². The van der Waals surface area contributed by atoms with Crippen molar-refractivity contribution in [3.63, 3.8) is 0 Å². The molecule has 2 N–H and O–H groups in total.